The second-order valence-electron chi connectivity index (χ2n) is 5.01. The summed E-state index contributed by atoms with van der Waals surface area (Å²) in [6.45, 7) is 3.09. The number of hydrogen-bond acceptors (Lipinski definition) is 3. The Morgan fingerprint density at radius 3 is 2.22 bits per heavy atom. The summed E-state index contributed by atoms with van der Waals surface area (Å²) in [6.07, 6.45) is 2.22. The zero-order valence-electron chi connectivity index (χ0n) is 10.4. The van der Waals surface area contributed by atoms with E-state index in [0.29, 0.717) is 30.2 Å². The van der Waals surface area contributed by atoms with Crippen molar-refractivity contribution in [3.05, 3.63) is 29.8 Å². The molecule has 0 bridgehead atoms. The van der Waals surface area contributed by atoms with Gasteiger partial charge >= 0.3 is 0 Å². The van der Waals surface area contributed by atoms with Crippen LogP contribution in [0.15, 0.2) is 29.2 Å². The molecule has 4 nitrogen and oxygen atoms in total. The van der Waals surface area contributed by atoms with Crippen LogP contribution < -0.4 is 0 Å². The van der Waals surface area contributed by atoms with Crippen LogP contribution in [-0.4, -0.2) is 38.0 Å². The van der Waals surface area contributed by atoms with Gasteiger partial charge in [-0.2, -0.15) is 4.31 Å². The largest absolute Gasteiger partial charge is 0.369 e. The smallest absolute Gasteiger partial charge is 0.243 e. The average Bonchev–Trinajstić information content (AvgIpc) is 3.06. The minimum Gasteiger partial charge on any atom is -0.369 e. The maximum absolute atomic E-state index is 12.5. The van der Waals surface area contributed by atoms with Crippen molar-refractivity contribution < 1.29 is 13.2 Å². The van der Waals surface area contributed by atoms with Gasteiger partial charge in [-0.25, -0.2) is 8.42 Å². The summed E-state index contributed by atoms with van der Waals surface area (Å²) in [5, 5.41) is 0. The number of benzene rings is 1. The highest BCUT2D eigenvalue weighted by molar-refractivity contribution is 7.89. The molecule has 0 saturated carbocycles. The zero-order chi connectivity index (χ0) is 12.8. The lowest BCUT2D eigenvalue weighted by Gasteiger charge is -2.20. The summed E-state index contributed by atoms with van der Waals surface area (Å²) in [5.41, 5.74) is 1.07. The average molecular weight is 267 g/mol. The van der Waals surface area contributed by atoms with E-state index in [1.807, 2.05) is 19.1 Å². The van der Waals surface area contributed by atoms with Gasteiger partial charge in [-0.1, -0.05) is 17.7 Å². The molecule has 98 valence electrons. The number of rotatable bonds is 2. The van der Waals surface area contributed by atoms with Crippen molar-refractivity contribution in [2.75, 3.05) is 13.1 Å². The maximum Gasteiger partial charge on any atom is 0.243 e. The van der Waals surface area contributed by atoms with Crippen LogP contribution in [0.1, 0.15) is 18.4 Å². The van der Waals surface area contributed by atoms with Crippen LogP contribution in [0.3, 0.4) is 0 Å². The van der Waals surface area contributed by atoms with Gasteiger partial charge in [-0.15, -0.1) is 0 Å². The number of hydrogen-bond donors (Lipinski definition) is 0. The number of fused-ring (bicyclic) bond motifs is 1. The fourth-order valence-corrected chi connectivity index (χ4v) is 3.91. The Morgan fingerprint density at radius 1 is 1.11 bits per heavy atom. The van der Waals surface area contributed by atoms with Crippen molar-refractivity contribution in [2.45, 2.75) is 36.9 Å². The first-order chi connectivity index (χ1) is 8.57. The molecule has 1 aromatic rings. The molecule has 2 atom stereocenters. The molecule has 0 amide bonds. The molecule has 5 heteroatoms. The number of aryl methyl sites for hydroxylation is 1. The van der Waals surface area contributed by atoms with Crippen molar-refractivity contribution >= 4 is 10.0 Å². The summed E-state index contributed by atoms with van der Waals surface area (Å²) in [5.74, 6) is 0. The topological polar surface area (TPSA) is 49.9 Å². The predicted molar refractivity (Wildman–Crippen MR) is 67.8 cm³/mol. The molecule has 0 aromatic heterocycles. The molecular formula is C13H17NO3S. The third kappa shape index (κ3) is 2.18. The van der Waals surface area contributed by atoms with Gasteiger partial charge in [-0.05, 0) is 31.9 Å². The van der Waals surface area contributed by atoms with E-state index in [-0.39, 0.29) is 0 Å². The molecule has 2 fully saturated rings. The second kappa shape index (κ2) is 4.33. The van der Waals surface area contributed by atoms with Crippen LogP contribution in [0, 0.1) is 6.92 Å². The van der Waals surface area contributed by atoms with Crippen LogP contribution in [0.4, 0.5) is 0 Å². The number of ether oxygens (including phenoxy) is 1. The highest BCUT2D eigenvalue weighted by Crippen LogP contribution is 2.33. The van der Waals surface area contributed by atoms with Gasteiger partial charge < -0.3 is 4.74 Å². The van der Waals surface area contributed by atoms with Gasteiger partial charge in [0.25, 0.3) is 0 Å². The highest BCUT2D eigenvalue weighted by atomic mass is 32.2. The van der Waals surface area contributed by atoms with Crippen molar-refractivity contribution in [3.63, 3.8) is 0 Å². The summed E-state index contributed by atoms with van der Waals surface area (Å²) in [6, 6.07) is 7.05. The lowest BCUT2D eigenvalue weighted by Crippen LogP contribution is -2.32. The second-order valence-corrected chi connectivity index (χ2v) is 6.95. The standard InChI is InChI=1S/C13H17NO3S/c1-10-2-4-11(5-3-10)18(15,16)14-8-6-12-13(17-12)7-9-14/h2-5,12-13H,6-9H2,1H3/t12-,13+. The molecule has 0 radical (unpaired) electrons. The first-order valence-corrected chi connectivity index (χ1v) is 7.74. The third-order valence-electron chi connectivity index (χ3n) is 3.67. The van der Waals surface area contributed by atoms with Gasteiger partial charge in [0.15, 0.2) is 0 Å². The Labute approximate surface area is 108 Å². The summed E-state index contributed by atoms with van der Waals surface area (Å²) < 4.78 is 31.9. The third-order valence-corrected chi connectivity index (χ3v) is 5.59. The van der Waals surface area contributed by atoms with Crippen molar-refractivity contribution in [1.29, 1.82) is 0 Å². The SMILES string of the molecule is Cc1ccc(S(=O)(=O)N2CC[C@@H]3O[C@@H]3CC2)cc1. The Morgan fingerprint density at radius 2 is 1.67 bits per heavy atom. The molecular weight excluding hydrogens is 250 g/mol. The maximum atomic E-state index is 12.5. The van der Waals surface area contributed by atoms with Gasteiger partial charge in [0.2, 0.25) is 10.0 Å². The quantitative estimate of drug-likeness (QED) is 0.764. The Kier molecular flexibility index (Phi) is 2.92. The molecule has 2 aliphatic rings. The predicted octanol–water partition coefficient (Wildman–Crippen LogP) is 1.55. The lowest BCUT2D eigenvalue weighted by molar-refractivity contribution is 0.301. The van der Waals surface area contributed by atoms with E-state index >= 15 is 0 Å². The van der Waals surface area contributed by atoms with E-state index in [4.69, 9.17) is 4.74 Å². The Balaban J connectivity index is 1.82. The van der Waals surface area contributed by atoms with E-state index < -0.39 is 10.0 Å². The molecule has 0 aliphatic carbocycles. The number of sulfonamides is 1. The Bertz CT molecular complexity index is 526. The molecule has 2 saturated heterocycles. The lowest BCUT2D eigenvalue weighted by atomic mass is 10.2. The van der Waals surface area contributed by atoms with Crippen LogP contribution in [0.2, 0.25) is 0 Å². The molecule has 18 heavy (non-hydrogen) atoms. The molecule has 3 rings (SSSR count). The van der Waals surface area contributed by atoms with E-state index in [1.54, 1.807) is 16.4 Å². The molecule has 2 heterocycles. The van der Waals surface area contributed by atoms with Gasteiger partial charge in [-0.3, -0.25) is 0 Å². The first kappa shape index (κ1) is 12.1. The summed E-state index contributed by atoms with van der Waals surface area (Å²) in [4.78, 5) is 0.393. The van der Waals surface area contributed by atoms with E-state index in [1.165, 1.54) is 0 Å². The van der Waals surface area contributed by atoms with Crippen LogP contribution in [0.5, 0.6) is 0 Å². The summed E-state index contributed by atoms with van der Waals surface area (Å²) >= 11 is 0. The minimum absolute atomic E-state index is 0.295. The normalized spacial score (nSPS) is 28.5. The first-order valence-electron chi connectivity index (χ1n) is 6.30. The van der Waals surface area contributed by atoms with E-state index in [9.17, 15) is 8.42 Å². The van der Waals surface area contributed by atoms with Crippen LogP contribution >= 0.6 is 0 Å². The molecule has 2 aliphatic heterocycles. The molecule has 0 spiro atoms. The molecule has 0 N–H and O–H groups in total. The van der Waals surface area contributed by atoms with E-state index in [0.717, 1.165) is 18.4 Å². The van der Waals surface area contributed by atoms with Crippen molar-refractivity contribution in [2.24, 2.45) is 0 Å². The molecule has 0 unspecified atom stereocenters. The number of epoxide rings is 1. The van der Waals surface area contributed by atoms with Gasteiger partial charge in [0.05, 0.1) is 17.1 Å². The van der Waals surface area contributed by atoms with Gasteiger partial charge in [0.1, 0.15) is 0 Å². The highest BCUT2D eigenvalue weighted by Gasteiger charge is 2.42. The molecule has 1 aromatic carbocycles. The fourth-order valence-electron chi connectivity index (χ4n) is 2.44. The minimum atomic E-state index is -3.33. The van der Waals surface area contributed by atoms with Crippen LogP contribution in [0.25, 0.3) is 0 Å². The summed E-state index contributed by atoms with van der Waals surface area (Å²) in [7, 11) is -3.33. The number of nitrogens with zero attached hydrogens (tertiary/aromatic N) is 1. The van der Waals surface area contributed by atoms with Crippen molar-refractivity contribution in [1.82, 2.24) is 4.31 Å². The zero-order valence-corrected chi connectivity index (χ0v) is 11.2. The van der Waals surface area contributed by atoms with E-state index in [2.05, 4.69) is 0 Å². The Hall–Kier alpha value is -0.910. The van der Waals surface area contributed by atoms with Crippen molar-refractivity contribution in [3.8, 4) is 0 Å². The van der Waals surface area contributed by atoms with Crippen LogP contribution in [-0.2, 0) is 14.8 Å². The fraction of sp³-hybridized carbons (Fsp3) is 0.538. The van der Waals surface area contributed by atoms with Gasteiger partial charge in [0, 0.05) is 13.1 Å². The monoisotopic (exact) mass is 267 g/mol.